The molecule has 0 aliphatic rings. The topological polar surface area (TPSA) is 91.7 Å². The molecule has 0 aliphatic heterocycles. The summed E-state index contributed by atoms with van der Waals surface area (Å²) in [7, 11) is 0. The van der Waals surface area contributed by atoms with Crippen molar-refractivity contribution in [1.82, 2.24) is 10.3 Å². The highest BCUT2D eigenvalue weighted by atomic mass is 35.5. The van der Waals surface area contributed by atoms with Gasteiger partial charge >= 0.3 is 6.09 Å². The van der Waals surface area contributed by atoms with Crippen LogP contribution >= 0.6 is 11.6 Å². The Morgan fingerprint density at radius 1 is 1.22 bits per heavy atom. The minimum Gasteiger partial charge on any atom is -0.445 e. The number of alkyl carbamates (subject to hydrolysis) is 1. The van der Waals surface area contributed by atoms with Gasteiger partial charge in [0.05, 0.1) is 10.7 Å². The molecule has 23 heavy (non-hydrogen) atoms. The Labute approximate surface area is 138 Å². The van der Waals surface area contributed by atoms with E-state index in [0.717, 1.165) is 5.56 Å². The van der Waals surface area contributed by atoms with Gasteiger partial charge in [0.25, 0.3) is 0 Å². The first-order valence-electron chi connectivity index (χ1n) is 6.98. The Bertz CT molecular complexity index is 622. The number of hydrogen-bond donors (Lipinski definition) is 3. The van der Waals surface area contributed by atoms with Gasteiger partial charge in [0, 0.05) is 12.7 Å². The van der Waals surface area contributed by atoms with Gasteiger partial charge in [0.2, 0.25) is 0 Å². The Morgan fingerprint density at radius 3 is 2.61 bits per heavy atom. The average Bonchev–Trinajstić information content (AvgIpc) is 2.58. The van der Waals surface area contributed by atoms with Crippen molar-refractivity contribution in [3.05, 3.63) is 64.9 Å². The molecule has 0 fully saturated rings. The van der Waals surface area contributed by atoms with Gasteiger partial charge in [-0.25, -0.2) is 4.79 Å². The third-order valence-electron chi connectivity index (χ3n) is 3.09. The van der Waals surface area contributed by atoms with E-state index in [4.69, 9.17) is 16.3 Å². The number of halogens is 1. The highest BCUT2D eigenvalue weighted by Crippen LogP contribution is 2.16. The van der Waals surface area contributed by atoms with Gasteiger partial charge < -0.3 is 20.3 Å². The molecule has 0 radical (unpaired) electrons. The lowest BCUT2D eigenvalue weighted by Crippen LogP contribution is -2.36. The highest BCUT2D eigenvalue weighted by Gasteiger charge is 2.20. The molecule has 1 aromatic heterocycles. The molecule has 1 aromatic carbocycles. The maximum Gasteiger partial charge on any atom is 0.407 e. The Kier molecular flexibility index (Phi) is 6.34. The van der Waals surface area contributed by atoms with Crippen molar-refractivity contribution < 1.29 is 19.7 Å². The molecule has 2 unspecified atom stereocenters. The predicted octanol–water partition coefficient (Wildman–Crippen LogP) is 2.06. The fourth-order valence-electron chi connectivity index (χ4n) is 1.83. The number of amides is 1. The van der Waals surface area contributed by atoms with Gasteiger partial charge in [-0.2, -0.15) is 0 Å². The molecule has 1 heterocycles. The minimum atomic E-state index is -1.23. The number of carbonyl (C=O) groups excluding carboxylic acids is 1. The van der Waals surface area contributed by atoms with Crippen LogP contribution in [0.25, 0.3) is 0 Å². The number of nitrogens with one attached hydrogen (secondary N) is 1. The normalized spacial score (nSPS) is 13.2. The zero-order valence-corrected chi connectivity index (χ0v) is 13.0. The lowest BCUT2D eigenvalue weighted by molar-refractivity contribution is 0.0159. The Hall–Kier alpha value is -2.15. The summed E-state index contributed by atoms with van der Waals surface area (Å²) in [5, 5.41) is 22.7. The number of hydrogen-bond acceptors (Lipinski definition) is 5. The van der Waals surface area contributed by atoms with Crippen LogP contribution in [0.15, 0.2) is 48.7 Å². The predicted molar refractivity (Wildman–Crippen MR) is 84.8 cm³/mol. The van der Waals surface area contributed by atoms with Gasteiger partial charge in [-0.1, -0.05) is 41.9 Å². The van der Waals surface area contributed by atoms with E-state index in [9.17, 15) is 15.0 Å². The van der Waals surface area contributed by atoms with Gasteiger partial charge in [-0.3, -0.25) is 4.98 Å². The van der Waals surface area contributed by atoms with Crippen molar-refractivity contribution in [1.29, 1.82) is 0 Å². The van der Waals surface area contributed by atoms with Crippen LogP contribution in [0.2, 0.25) is 5.02 Å². The lowest BCUT2D eigenvalue weighted by atomic mass is 10.1. The van der Waals surface area contributed by atoms with Crippen LogP contribution in [0.5, 0.6) is 0 Å². The van der Waals surface area contributed by atoms with Crippen LogP contribution in [0.3, 0.4) is 0 Å². The van der Waals surface area contributed by atoms with Crippen LogP contribution in [0, 0.1) is 0 Å². The molecule has 122 valence electrons. The zero-order valence-electron chi connectivity index (χ0n) is 12.2. The molecule has 2 atom stereocenters. The summed E-state index contributed by atoms with van der Waals surface area (Å²) in [6.45, 7) is -0.0385. The first kappa shape index (κ1) is 17.2. The van der Waals surface area contributed by atoms with Crippen LogP contribution in [-0.2, 0) is 11.3 Å². The monoisotopic (exact) mass is 336 g/mol. The number of rotatable bonds is 6. The van der Waals surface area contributed by atoms with Crippen LogP contribution in [-0.4, -0.2) is 33.9 Å². The number of nitrogens with zero attached hydrogens (tertiary/aromatic N) is 1. The molecule has 6 nitrogen and oxygen atoms in total. The van der Waals surface area contributed by atoms with E-state index < -0.39 is 18.3 Å². The van der Waals surface area contributed by atoms with E-state index in [2.05, 4.69) is 10.3 Å². The first-order chi connectivity index (χ1) is 11.1. The molecule has 0 saturated carbocycles. The van der Waals surface area contributed by atoms with Crippen LogP contribution < -0.4 is 5.32 Å². The van der Waals surface area contributed by atoms with E-state index in [1.54, 1.807) is 6.07 Å². The van der Waals surface area contributed by atoms with Crippen LogP contribution in [0.4, 0.5) is 4.79 Å². The maximum absolute atomic E-state index is 11.6. The van der Waals surface area contributed by atoms with E-state index in [-0.39, 0.29) is 18.8 Å². The number of ether oxygens (including phenoxy) is 1. The maximum atomic E-state index is 11.6. The van der Waals surface area contributed by atoms with Crippen molar-refractivity contribution in [2.24, 2.45) is 0 Å². The van der Waals surface area contributed by atoms with Crippen LogP contribution in [0.1, 0.15) is 17.4 Å². The van der Waals surface area contributed by atoms with E-state index >= 15 is 0 Å². The fourth-order valence-corrected chi connectivity index (χ4v) is 1.94. The summed E-state index contributed by atoms with van der Waals surface area (Å²) >= 11 is 5.70. The second-order valence-corrected chi connectivity index (χ2v) is 5.29. The quantitative estimate of drug-likeness (QED) is 0.751. The van der Waals surface area contributed by atoms with Gasteiger partial charge in [-0.15, -0.1) is 0 Å². The summed E-state index contributed by atoms with van der Waals surface area (Å²) in [5.74, 6) is 0. The Balaban J connectivity index is 1.75. The van der Waals surface area contributed by atoms with Crippen molar-refractivity contribution in [3.8, 4) is 0 Å². The smallest absolute Gasteiger partial charge is 0.407 e. The van der Waals surface area contributed by atoms with E-state index in [1.165, 1.54) is 12.3 Å². The first-order valence-corrected chi connectivity index (χ1v) is 7.36. The molecule has 0 spiro atoms. The second kappa shape index (κ2) is 8.47. The molecule has 0 bridgehead atoms. The van der Waals surface area contributed by atoms with E-state index in [1.807, 2.05) is 30.3 Å². The summed E-state index contributed by atoms with van der Waals surface area (Å²) in [6.07, 6.45) is -1.76. The fraction of sp³-hybridized carbons (Fsp3) is 0.250. The summed E-state index contributed by atoms with van der Waals surface area (Å²) < 4.78 is 5.00. The zero-order chi connectivity index (χ0) is 16.7. The Morgan fingerprint density at radius 2 is 1.96 bits per heavy atom. The van der Waals surface area contributed by atoms with Gasteiger partial charge in [0.15, 0.2) is 0 Å². The minimum absolute atomic E-state index is 0.129. The molecular formula is C16H17ClN2O4. The molecule has 0 aliphatic carbocycles. The molecule has 7 heteroatoms. The summed E-state index contributed by atoms with van der Waals surface area (Å²) in [4.78, 5) is 15.5. The van der Waals surface area contributed by atoms with E-state index in [0.29, 0.717) is 5.02 Å². The van der Waals surface area contributed by atoms with Crippen molar-refractivity contribution in [3.63, 3.8) is 0 Å². The number of carbonyl (C=O) groups is 1. The number of benzene rings is 1. The number of aliphatic hydroxyl groups is 2. The lowest BCUT2D eigenvalue weighted by Gasteiger charge is -2.17. The molecule has 3 N–H and O–H groups in total. The summed E-state index contributed by atoms with van der Waals surface area (Å²) in [6, 6.07) is 12.3. The largest absolute Gasteiger partial charge is 0.445 e. The summed E-state index contributed by atoms with van der Waals surface area (Å²) in [5.41, 5.74) is 1.12. The third-order valence-corrected chi connectivity index (χ3v) is 3.31. The average molecular weight is 337 g/mol. The van der Waals surface area contributed by atoms with Crippen molar-refractivity contribution >= 4 is 17.7 Å². The second-order valence-electron chi connectivity index (χ2n) is 4.86. The molecule has 0 saturated heterocycles. The third kappa shape index (κ3) is 5.52. The standard InChI is InChI=1S/C16H17ClN2O4/c17-12-6-7-13(18-8-12)15(21)14(20)9-19-16(22)23-10-11-4-2-1-3-5-11/h1-8,14-15,20-21H,9-10H2,(H,19,22). The van der Waals surface area contributed by atoms with Crippen molar-refractivity contribution in [2.45, 2.75) is 18.8 Å². The number of aliphatic hydroxyl groups excluding tert-OH is 2. The highest BCUT2D eigenvalue weighted by molar-refractivity contribution is 6.30. The molecule has 2 aromatic rings. The molecule has 1 amide bonds. The van der Waals surface area contributed by atoms with Crippen molar-refractivity contribution in [2.75, 3.05) is 6.54 Å². The van der Waals surface area contributed by atoms with Gasteiger partial charge in [0.1, 0.15) is 18.8 Å². The molecular weight excluding hydrogens is 320 g/mol. The number of pyridine rings is 1. The molecule has 2 rings (SSSR count). The number of aromatic nitrogens is 1. The SMILES string of the molecule is O=C(NCC(O)C(O)c1ccc(Cl)cn1)OCc1ccccc1. The van der Waals surface area contributed by atoms with Gasteiger partial charge in [-0.05, 0) is 17.7 Å².